The van der Waals surface area contributed by atoms with Gasteiger partial charge < -0.3 is 16.0 Å². The van der Waals surface area contributed by atoms with Gasteiger partial charge in [-0.25, -0.2) is 13.6 Å². The molecule has 1 rings (SSSR count). The molecule has 0 aliphatic carbocycles. The summed E-state index contributed by atoms with van der Waals surface area (Å²) in [6.07, 6.45) is -1.07. The van der Waals surface area contributed by atoms with Gasteiger partial charge in [-0.3, -0.25) is 4.79 Å². The van der Waals surface area contributed by atoms with Crippen molar-refractivity contribution in [2.75, 3.05) is 5.32 Å². The van der Waals surface area contributed by atoms with Crippen LogP contribution in [0.5, 0.6) is 0 Å². The second-order valence-electron chi connectivity index (χ2n) is 5.31. The minimum absolute atomic E-state index is 0.0414. The van der Waals surface area contributed by atoms with Gasteiger partial charge in [0.15, 0.2) is 5.11 Å². The lowest BCUT2D eigenvalue weighted by atomic mass is 10.2. The molecule has 0 unspecified atom stereocenters. The van der Waals surface area contributed by atoms with Crippen molar-refractivity contribution in [1.29, 1.82) is 0 Å². The fraction of sp³-hybridized carbons (Fsp3) is 0.385. The van der Waals surface area contributed by atoms with E-state index in [9.17, 15) is 13.2 Å². The van der Waals surface area contributed by atoms with Gasteiger partial charge in [0.1, 0.15) is 6.17 Å². The van der Waals surface area contributed by atoms with Crippen molar-refractivity contribution >= 4 is 73.8 Å². The predicted molar refractivity (Wildman–Crippen MR) is 104 cm³/mol. The molecular formula is C13H17Cl3N4O3S2. The van der Waals surface area contributed by atoms with Crippen LogP contribution in [0.1, 0.15) is 13.8 Å². The molecule has 1 aromatic carbocycles. The van der Waals surface area contributed by atoms with Gasteiger partial charge in [0, 0.05) is 11.6 Å². The Labute approximate surface area is 166 Å². The van der Waals surface area contributed by atoms with Crippen LogP contribution in [0.15, 0.2) is 29.2 Å². The van der Waals surface area contributed by atoms with E-state index in [1.165, 1.54) is 24.3 Å². The molecule has 0 saturated carbocycles. The summed E-state index contributed by atoms with van der Waals surface area (Å²) in [4.78, 5) is 11.8. The van der Waals surface area contributed by atoms with Crippen LogP contribution in [0.3, 0.4) is 0 Å². The highest BCUT2D eigenvalue weighted by atomic mass is 35.6. The number of carbonyl (C=O) groups excluding carboxylic acids is 1. The molecular weight excluding hydrogens is 431 g/mol. The fourth-order valence-electron chi connectivity index (χ4n) is 1.53. The maximum atomic E-state index is 11.8. The Morgan fingerprint density at radius 1 is 1.16 bits per heavy atom. The number of alkyl halides is 3. The molecule has 0 fully saturated rings. The first-order chi connectivity index (χ1) is 11.3. The zero-order valence-corrected chi connectivity index (χ0v) is 17.1. The summed E-state index contributed by atoms with van der Waals surface area (Å²) in [5, 5.41) is 13.1. The van der Waals surface area contributed by atoms with E-state index in [4.69, 9.17) is 52.2 Å². The van der Waals surface area contributed by atoms with Gasteiger partial charge in [-0.2, -0.15) is 0 Å². The van der Waals surface area contributed by atoms with E-state index in [1.54, 1.807) is 13.8 Å². The van der Waals surface area contributed by atoms with Crippen molar-refractivity contribution in [2.24, 2.45) is 11.1 Å². The number of rotatable bonds is 5. The number of hydrogen-bond donors (Lipinski definition) is 4. The van der Waals surface area contributed by atoms with Crippen molar-refractivity contribution in [3.8, 4) is 0 Å². The Hall–Kier alpha value is -0.840. The molecule has 0 spiro atoms. The molecule has 7 nitrogen and oxygen atoms in total. The molecule has 1 aromatic rings. The smallest absolute Gasteiger partial charge is 0.238 e. The first-order valence-electron chi connectivity index (χ1n) is 6.88. The van der Waals surface area contributed by atoms with Crippen molar-refractivity contribution in [2.45, 2.75) is 28.7 Å². The molecule has 12 heteroatoms. The van der Waals surface area contributed by atoms with Gasteiger partial charge in [0.2, 0.25) is 19.7 Å². The zero-order valence-electron chi connectivity index (χ0n) is 13.2. The van der Waals surface area contributed by atoms with E-state index >= 15 is 0 Å². The van der Waals surface area contributed by atoms with Crippen LogP contribution in [0.4, 0.5) is 5.69 Å². The van der Waals surface area contributed by atoms with E-state index in [0.717, 1.165) is 0 Å². The standard InChI is InChI=1S/C13H17Cl3N4O3S2/c1-7(2)10(21)19-11(13(14,15)16)20-12(24)18-8-3-5-9(6-4-8)25(17,22)23/h3-7,11H,1-2H3,(H,19,21)(H2,17,22,23)(H2,18,20,24)/t11-/m0/s1. The van der Waals surface area contributed by atoms with Crippen molar-refractivity contribution in [1.82, 2.24) is 10.6 Å². The summed E-state index contributed by atoms with van der Waals surface area (Å²) < 4.78 is 20.6. The van der Waals surface area contributed by atoms with Gasteiger partial charge in [-0.1, -0.05) is 48.7 Å². The number of anilines is 1. The highest BCUT2D eigenvalue weighted by molar-refractivity contribution is 7.89. The largest absolute Gasteiger partial charge is 0.339 e. The number of carbonyl (C=O) groups is 1. The van der Waals surface area contributed by atoms with Crippen molar-refractivity contribution in [3.05, 3.63) is 24.3 Å². The van der Waals surface area contributed by atoms with E-state index in [-0.39, 0.29) is 21.8 Å². The maximum absolute atomic E-state index is 11.8. The quantitative estimate of drug-likeness (QED) is 0.312. The van der Waals surface area contributed by atoms with Crippen LogP contribution in [-0.2, 0) is 14.8 Å². The fourth-order valence-corrected chi connectivity index (χ4v) is 2.61. The van der Waals surface area contributed by atoms with E-state index in [1.807, 2.05) is 0 Å². The first kappa shape index (κ1) is 22.2. The third-order valence-corrected chi connectivity index (χ3v) is 4.66. The predicted octanol–water partition coefficient (Wildman–Crippen LogP) is 2.09. The Kier molecular flexibility index (Phi) is 7.72. The molecule has 140 valence electrons. The van der Waals surface area contributed by atoms with Crippen LogP contribution in [0.2, 0.25) is 0 Å². The third-order valence-electron chi connectivity index (χ3n) is 2.85. The summed E-state index contributed by atoms with van der Waals surface area (Å²) in [5.41, 5.74) is 0.475. The third kappa shape index (κ3) is 7.51. The maximum Gasteiger partial charge on any atom is 0.238 e. The van der Waals surface area contributed by atoms with Gasteiger partial charge in [0.25, 0.3) is 0 Å². The van der Waals surface area contributed by atoms with E-state index in [2.05, 4.69) is 16.0 Å². The Morgan fingerprint density at radius 3 is 2.08 bits per heavy atom. The lowest BCUT2D eigenvalue weighted by molar-refractivity contribution is -0.124. The molecule has 0 aliphatic heterocycles. The Balaban J connectivity index is 2.79. The number of benzene rings is 1. The highest BCUT2D eigenvalue weighted by Crippen LogP contribution is 2.29. The normalized spacial score (nSPS) is 13.2. The molecule has 0 saturated heterocycles. The second-order valence-corrected chi connectivity index (χ2v) is 9.64. The summed E-state index contributed by atoms with van der Waals surface area (Å²) in [6.45, 7) is 3.38. The molecule has 0 radical (unpaired) electrons. The molecule has 0 aliphatic rings. The lowest BCUT2D eigenvalue weighted by Gasteiger charge is -2.28. The number of nitrogens with two attached hydrogens (primary N) is 1. The minimum atomic E-state index is -3.78. The van der Waals surface area contributed by atoms with Crippen LogP contribution in [0, 0.1) is 5.92 Å². The molecule has 1 atom stereocenters. The van der Waals surface area contributed by atoms with Crippen LogP contribution >= 0.6 is 47.0 Å². The Morgan fingerprint density at radius 2 is 1.68 bits per heavy atom. The number of primary sulfonamides is 1. The van der Waals surface area contributed by atoms with Gasteiger partial charge in [-0.05, 0) is 36.5 Å². The summed E-state index contributed by atoms with van der Waals surface area (Å²) in [5.74, 6) is -0.645. The second kappa shape index (κ2) is 8.70. The summed E-state index contributed by atoms with van der Waals surface area (Å²) in [7, 11) is -3.78. The summed E-state index contributed by atoms with van der Waals surface area (Å²) in [6, 6.07) is 5.55. The average molecular weight is 448 g/mol. The summed E-state index contributed by atoms with van der Waals surface area (Å²) >= 11 is 22.7. The zero-order chi connectivity index (χ0) is 19.4. The number of thiocarbonyl (C=S) groups is 1. The average Bonchev–Trinajstić information content (AvgIpc) is 2.44. The molecule has 0 heterocycles. The number of sulfonamides is 1. The van der Waals surface area contributed by atoms with Gasteiger partial charge in [0.05, 0.1) is 4.90 Å². The minimum Gasteiger partial charge on any atom is -0.339 e. The molecule has 25 heavy (non-hydrogen) atoms. The molecule has 0 aromatic heterocycles. The van der Waals surface area contributed by atoms with E-state index < -0.39 is 20.0 Å². The van der Waals surface area contributed by atoms with Crippen LogP contribution in [0.25, 0.3) is 0 Å². The molecule has 1 amide bonds. The number of halogens is 3. The highest BCUT2D eigenvalue weighted by Gasteiger charge is 2.35. The molecule has 5 N–H and O–H groups in total. The van der Waals surface area contributed by atoms with Gasteiger partial charge >= 0.3 is 0 Å². The number of hydrogen-bond acceptors (Lipinski definition) is 4. The topological polar surface area (TPSA) is 113 Å². The van der Waals surface area contributed by atoms with Crippen LogP contribution in [-0.4, -0.2) is 29.4 Å². The first-order valence-corrected chi connectivity index (χ1v) is 9.97. The monoisotopic (exact) mass is 446 g/mol. The number of nitrogens with one attached hydrogen (secondary N) is 3. The number of amides is 1. The Bertz CT molecular complexity index is 734. The van der Waals surface area contributed by atoms with Crippen LogP contribution < -0.4 is 21.1 Å². The molecule has 0 bridgehead atoms. The van der Waals surface area contributed by atoms with Crippen molar-refractivity contribution in [3.63, 3.8) is 0 Å². The van der Waals surface area contributed by atoms with Crippen molar-refractivity contribution < 1.29 is 13.2 Å². The SMILES string of the molecule is CC(C)C(=O)N[C@@H](NC(=S)Nc1ccc(S(N)(=O)=O)cc1)C(Cl)(Cl)Cl. The van der Waals surface area contributed by atoms with Gasteiger partial charge in [-0.15, -0.1) is 0 Å². The van der Waals surface area contributed by atoms with E-state index in [0.29, 0.717) is 5.69 Å². The lowest BCUT2D eigenvalue weighted by Crippen LogP contribution is -2.56.